The van der Waals surface area contributed by atoms with Crippen LogP contribution in [0, 0.1) is 22.7 Å². The zero-order valence-corrected chi connectivity index (χ0v) is 17.6. The molecule has 156 valence electrons. The zero-order chi connectivity index (χ0) is 22.0. The fraction of sp³-hybridized carbons (Fsp3) is 0.421. The van der Waals surface area contributed by atoms with Gasteiger partial charge < -0.3 is 25.8 Å². The second-order valence-electron chi connectivity index (χ2n) is 6.42. The molecule has 29 heavy (non-hydrogen) atoms. The number of anilines is 2. The van der Waals surface area contributed by atoms with Crippen molar-refractivity contribution in [2.24, 2.45) is 16.1 Å². The molecule has 9 nitrogen and oxygen atoms in total. The molecule has 0 aliphatic rings. The van der Waals surface area contributed by atoms with Gasteiger partial charge >= 0.3 is 0 Å². The first kappa shape index (κ1) is 24.3. The van der Waals surface area contributed by atoms with Gasteiger partial charge in [-0.2, -0.15) is 5.26 Å². The lowest BCUT2D eigenvalue weighted by Gasteiger charge is -2.24. The lowest BCUT2D eigenvalue weighted by molar-refractivity contribution is -0.118. The third-order valence-corrected chi connectivity index (χ3v) is 4.14. The largest absolute Gasteiger partial charge is 0.395 e. The maximum Gasteiger partial charge on any atom is 0.226 e. The monoisotopic (exact) mass is 418 g/mol. The van der Waals surface area contributed by atoms with Crippen LogP contribution < -0.4 is 10.2 Å². The van der Waals surface area contributed by atoms with Gasteiger partial charge in [-0.15, -0.1) is 22.9 Å². The number of hydrogen-bond acceptors (Lipinski definition) is 9. The predicted octanol–water partition coefficient (Wildman–Crippen LogP) is 2.86. The quantitative estimate of drug-likeness (QED) is 0.172. The number of nitrogens with one attached hydrogen (secondary N) is 2. The molecule has 0 fully saturated rings. The van der Waals surface area contributed by atoms with Crippen LogP contribution >= 0.6 is 12.6 Å². The summed E-state index contributed by atoms with van der Waals surface area (Å²) in [6, 6.07) is 6.88. The van der Waals surface area contributed by atoms with Crippen molar-refractivity contribution in [2.75, 3.05) is 36.5 Å². The Morgan fingerprint density at radius 1 is 1.34 bits per heavy atom. The number of thiol groups is 1. The highest BCUT2D eigenvalue weighted by Crippen LogP contribution is 2.32. The van der Waals surface area contributed by atoms with E-state index in [1.807, 2.05) is 6.07 Å². The lowest BCUT2D eigenvalue weighted by atomic mass is 10.1. The number of benzene rings is 1. The Morgan fingerprint density at radius 2 is 1.97 bits per heavy atom. The van der Waals surface area contributed by atoms with Crippen LogP contribution in [0.15, 0.2) is 39.0 Å². The Morgan fingerprint density at radius 3 is 2.45 bits per heavy atom. The van der Waals surface area contributed by atoms with E-state index < -0.39 is 0 Å². The van der Waals surface area contributed by atoms with E-state index in [2.05, 4.69) is 28.2 Å². The molecule has 0 heterocycles. The molecule has 4 N–H and O–H groups in total. The van der Waals surface area contributed by atoms with E-state index in [4.69, 9.17) is 10.7 Å². The number of aliphatic hydroxyl groups is 2. The van der Waals surface area contributed by atoms with Gasteiger partial charge in [-0.25, -0.2) is 0 Å². The fourth-order valence-corrected chi connectivity index (χ4v) is 2.51. The first-order valence-electron chi connectivity index (χ1n) is 8.97. The Bertz CT molecular complexity index is 839. The summed E-state index contributed by atoms with van der Waals surface area (Å²) in [5, 5.41) is 45.9. The molecule has 0 aliphatic carbocycles. The van der Waals surface area contributed by atoms with Crippen molar-refractivity contribution in [1.29, 1.82) is 10.7 Å². The number of nitriles is 1. The van der Waals surface area contributed by atoms with Crippen molar-refractivity contribution in [1.82, 2.24) is 0 Å². The number of aliphatic hydroxyl groups excluding tert-OH is 2. The predicted molar refractivity (Wildman–Crippen MR) is 116 cm³/mol. The van der Waals surface area contributed by atoms with E-state index in [9.17, 15) is 15.0 Å². The molecule has 0 aromatic heterocycles. The summed E-state index contributed by atoms with van der Waals surface area (Å²) >= 11 is 4.12. The minimum Gasteiger partial charge on any atom is -0.395 e. The van der Waals surface area contributed by atoms with Crippen LogP contribution in [0.4, 0.5) is 17.1 Å². The summed E-state index contributed by atoms with van der Waals surface area (Å²) in [7, 11) is 0. The van der Waals surface area contributed by atoms with Gasteiger partial charge in [0.05, 0.1) is 18.9 Å². The average molecular weight is 419 g/mol. The van der Waals surface area contributed by atoms with Crippen LogP contribution in [0.1, 0.15) is 20.8 Å². The average Bonchev–Trinajstić information content (AvgIpc) is 2.66. The van der Waals surface area contributed by atoms with Gasteiger partial charge in [0.1, 0.15) is 22.4 Å². The van der Waals surface area contributed by atoms with E-state index in [1.165, 1.54) is 6.92 Å². The summed E-state index contributed by atoms with van der Waals surface area (Å²) in [4.78, 5) is 14.0. The van der Waals surface area contributed by atoms with Crippen LogP contribution in [-0.2, 0) is 4.79 Å². The first-order chi connectivity index (χ1) is 13.7. The fourth-order valence-electron chi connectivity index (χ4n) is 2.25. The van der Waals surface area contributed by atoms with Gasteiger partial charge in [0.25, 0.3) is 0 Å². The van der Waals surface area contributed by atoms with Gasteiger partial charge in [0, 0.05) is 30.4 Å². The number of amides is 1. The lowest BCUT2D eigenvalue weighted by Crippen LogP contribution is -2.29. The van der Waals surface area contributed by atoms with Gasteiger partial charge in [0.2, 0.25) is 5.91 Å². The van der Waals surface area contributed by atoms with Crippen LogP contribution in [0.3, 0.4) is 0 Å². The minimum atomic E-state index is -0.263. The van der Waals surface area contributed by atoms with E-state index >= 15 is 0 Å². The second-order valence-corrected chi connectivity index (χ2v) is 6.84. The topological polar surface area (TPSA) is 145 Å². The van der Waals surface area contributed by atoms with Gasteiger partial charge in [-0.05, 0) is 25.1 Å². The van der Waals surface area contributed by atoms with Gasteiger partial charge in [-0.1, -0.05) is 13.8 Å². The number of azo groups is 1. The summed E-state index contributed by atoms with van der Waals surface area (Å²) in [5.41, 5.74) is 1.42. The minimum absolute atomic E-state index is 0.00136. The number of allylic oxidation sites excluding steroid dienone is 1. The molecule has 0 aliphatic heterocycles. The zero-order valence-electron chi connectivity index (χ0n) is 16.7. The van der Waals surface area contributed by atoms with Crippen molar-refractivity contribution >= 4 is 41.3 Å². The molecular formula is C19H26N6O3S. The highest BCUT2D eigenvalue weighted by atomic mass is 32.1. The van der Waals surface area contributed by atoms with E-state index in [-0.39, 0.29) is 41.4 Å². The summed E-state index contributed by atoms with van der Waals surface area (Å²) in [5.74, 6) is -0.482. The third-order valence-electron chi connectivity index (χ3n) is 3.83. The molecule has 10 heteroatoms. The van der Waals surface area contributed by atoms with Gasteiger partial charge in [0.15, 0.2) is 0 Å². The Kier molecular flexibility index (Phi) is 10.0. The third kappa shape index (κ3) is 7.30. The molecule has 0 saturated carbocycles. The number of nitrogens with zero attached hydrogens (tertiary/aromatic N) is 4. The van der Waals surface area contributed by atoms with Crippen molar-refractivity contribution in [3.8, 4) is 6.07 Å². The van der Waals surface area contributed by atoms with E-state index in [0.29, 0.717) is 30.2 Å². The summed E-state index contributed by atoms with van der Waals surface area (Å²) in [6.07, 6.45) is 0. The highest BCUT2D eigenvalue weighted by molar-refractivity contribution is 7.84. The molecule has 0 spiro atoms. The highest BCUT2D eigenvalue weighted by Gasteiger charge is 2.14. The number of carbonyl (C=O) groups is 1. The molecule has 0 bridgehead atoms. The maximum atomic E-state index is 12.2. The Labute approximate surface area is 175 Å². The summed E-state index contributed by atoms with van der Waals surface area (Å²) < 4.78 is 0. The van der Waals surface area contributed by atoms with E-state index in [0.717, 1.165) is 0 Å². The van der Waals surface area contributed by atoms with Crippen molar-refractivity contribution in [2.45, 2.75) is 20.8 Å². The van der Waals surface area contributed by atoms with Crippen LogP contribution in [0.5, 0.6) is 0 Å². The number of rotatable bonds is 10. The molecule has 1 rings (SSSR count). The van der Waals surface area contributed by atoms with Crippen molar-refractivity contribution in [3.05, 3.63) is 28.8 Å². The van der Waals surface area contributed by atoms with E-state index in [1.54, 1.807) is 36.9 Å². The van der Waals surface area contributed by atoms with Crippen LogP contribution in [0.25, 0.3) is 0 Å². The van der Waals surface area contributed by atoms with Gasteiger partial charge in [-0.3, -0.25) is 4.79 Å². The van der Waals surface area contributed by atoms with Crippen LogP contribution in [-0.4, -0.2) is 48.1 Å². The Balaban J connectivity index is 3.38. The number of carbonyl (C=O) groups excluding carboxylic acids is 1. The molecule has 0 unspecified atom stereocenters. The smallest absolute Gasteiger partial charge is 0.226 e. The SMILES string of the molecule is CC(=N)/C(C#N)=C(S)/N=N/c1ccc(N(CCO)CCO)cc1NC(=O)C(C)C. The molecule has 1 aromatic rings. The van der Waals surface area contributed by atoms with Crippen molar-refractivity contribution in [3.63, 3.8) is 0 Å². The summed E-state index contributed by atoms with van der Waals surface area (Å²) in [6.45, 7) is 5.39. The molecule has 0 atom stereocenters. The number of hydrogen-bond donors (Lipinski definition) is 5. The van der Waals surface area contributed by atoms with Crippen LogP contribution in [0.2, 0.25) is 0 Å². The Hall–Kier alpha value is -2.74. The molecule has 0 saturated heterocycles. The molecular weight excluding hydrogens is 392 g/mol. The first-order valence-corrected chi connectivity index (χ1v) is 9.42. The maximum absolute atomic E-state index is 12.2. The molecule has 1 amide bonds. The standard InChI is InChI=1S/C19H26N6O3S/c1-12(2)18(28)22-17-10-14(25(6-8-26)7-9-27)4-5-16(17)23-24-19(29)15(11-20)13(3)21/h4-5,10,12,21,26-27,29H,6-9H2,1-3H3,(H,22,28)/b19-15-,21-13?,24-23+. The normalized spacial score (nSPS) is 11.9. The molecule has 0 radical (unpaired) electrons. The second kappa shape index (κ2) is 12.0. The molecule has 1 aromatic carbocycles. The van der Waals surface area contributed by atoms with Crippen molar-refractivity contribution < 1.29 is 15.0 Å².